The van der Waals surface area contributed by atoms with E-state index in [9.17, 15) is 13.2 Å². The van der Waals surface area contributed by atoms with Gasteiger partial charge in [-0.1, -0.05) is 17.7 Å². The highest BCUT2D eigenvalue weighted by atomic mass is 35.5. The first-order chi connectivity index (χ1) is 16.7. The van der Waals surface area contributed by atoms with Gasteiger partial charge in [0, 0.05) is 22.8 Å². The van der Waals surface area contributed by atoms with E-state index in [-0.39, 0.29) is 27.1 Å². The van der Waals surface area contributed by atoms with Gasteiger partial charge in [-0.05, 0) is 42.5 Å². The Bertz CT molecular complexity index is 1310. The molecule has 0 saturated heterocycles. The van der Waals surface area contributed by atoms with Crippen molar-refractivity contribution < 1.29 is 32.2 Å². The smallest absolute Gasteiger partial charge is 0.265 e. The molecule has 0 aliphatic carbocycles. The third-order valence-electron chi connectivity index (χ3n) is 4.99. The van der Waals surface area contributed by atoms with Crippen LogP contribution in [0.3, 0.4) is 0 Å². The van der Waals surface area contributed by atoms with Gasteiger partial charge in [0.25, 0.3) is 10.0 Å². The zero-order valence-electron chi connectivity index (χ0n) is 19.6. The molecule has 1 amide bonds. The maximum absolute atomic E-state index is 13.8. The fraction of sp³-hybridized carbons (Fsp3) is 0.208. The molecule has 3 aromatic carbocycles. The minimum Gasteiger partial charge on any atom is -0.497 e. The van der Waals surface area contributed by atoms with Crippen molar-refractivity contribution in [2.45, 2.75) is 4.90 Å². The average molecular weight is 521 g/mol. The largest absolute Gasteiger partial charge is 0.497 e. The first kappa shape index (κ1) is 26.0. The minimum atomic E-state index is -4.29. The lowest BCUT2D eigenvalue weighted by Gasteiger charge is -2.26. The van der Waals surface area contributed by atoms with E-state index in [1.165, 1.54) is 58.8 Å². The monoisotopic (exact) mass is 520 g/mol. The number of anilines is 2. The SMILES string of the molecule is COc1cccc(NC(=O)CN(c2cc(Cl)ccc2OC)S(=O)(=O)c2ccc(OC)c(OC)c2)c1. The van der Waals surface area contributed by atoms with E-state index in [1.54, 1.807) is 30.3 Å². The predicted octanol–water partition coefficient (Wildman–Crippen LogP) is 4.21. The van der Waals surface area contributed by atoms with Crippen LogP contribution in [0.2, 0.25) is 5.02 Å². The van der Waals surface area contributed by atoms with E-state index in [0.29, 0.717) is 17.2 Å². The number of benzene rings is 3. The zero-order chi connectivity index (χ0) is 25.6. The minimum absolute atomic E-state index is 0.0931. The summed E-state index contributed by atoms with van der Waals surface area (Å²) in [6, 6.07) is 15.3. The molecule has 0 fully saturated rings. The van der Waals surface area contributed by atoms with Crippen LogP contribution in [-0.4, -0.2) is 49.3 Å². The first-order valence-corrected chi connectivity index (χ1v) is 12.1. The van der Waals surface area contributed by atoms with Crippen molar-refractivity contribution in [3.05, 3.63) is 65.7 Å². The second kappa shape index (κ2) is 11.2. The summed E-state index contributed by atoms with van der Waals surface area (Å²) in [6.45, 7) is -0.565. The Balaban J connectivity index is 2.06. The Morgan fingerprint density at radius 3 is 2.20 bits per heavy atom. The van der Waals surface area contributed by atoms with Crippen LogP contribution < -0.4 is 28.6 Å². The lowest BCUT2D eigenvalue weighted by Crippen LogP contribution is -2.38. The molecule has 0 radical (unpaired) electrons. The molecule has 0 aliphatic rings. The molecule has 186 valence electrons. The molecule has 3 aromatic rings. The van der Waals surface area contributed by atoms with Crippen LogP contribution in [0.1, 0.15) is 0 Å². The van der Waals surface area contributed by atoms with Crippen molar-refractivity contribution in [1.29, 1.82) is 0 Å². The maximum Gasteiger partial charge on any atom is 0.265 e. The van der Waals surface area contributed by atoms with Crippen molar-refractivity contribution in [3.8, 4) is 23.0 Å². The molecule has 0 bridgehead atoms. The number of rotatable bonds is 10. The van der Waals surface area contributed by atoms with Gasteiger partial charge in [0.1, 0.15) is 18.0 Å². The summed E-state index contributed by atoms with van der Waals surface area (Å²) in [5.74, 6) is 0.729. The molecule has 35 heavy (non-hydrogen) atoms. The van der Waals surface area contributed by atoms with E-state index < -0.39 is 22.5 Å². The first-order valence-electron chi connectivity index (χ1n) is 10.3. The quantitative estimate of drug-likeness (QED) is 0.427. The van der Waals surface area contributed by atoms with Crippen molar-refractivity contribution in [3.63, 3.8) is 0 Å². The summed E-state index contributed by atoms with van der Waals surface area (Å²) in [7, 11) is 1.45. The Hall–Kier alpha value is -3.63. The molecule has 9 nitrogen and oxygen atoms in total. The summed E-state index contributed by atoms with van der Waals surface area (Å²) < 4.78 is 49.5. The van der Waals surface area contributed by atoms with Crippen molar-refractivity contribution in [2.24, 2.45) is 0 Å². The number of ether oxygens (including phenoxy) is 4. The number of hydrogen-bond acceptors (Lipinski definition) is 7. The molecular formula is C24H25ClN2O7S. The van der Waals surface area contributed by atoms with E-state index >= 15 is 0 Å². The Kier molecular flexibility index (Phi) is 8.31. The van der Waals surface area contributed by atoms with Crippen molar-refractivity contribution in [2.75, 3.05) is 44.6 Å². The number of carbonyl (C=O) groups is 1. The molecule has 0 aliphatic heterocycles. The fourth-order valence-corrected chi connectivity index (χ4v) is 4.90. The van der Waals surface area contributed by atoms with Crippen LogP contribution in [0, 0.1) is 0 Å². The number of carbonyl (C=O) groups excluding carboxylic acids is 1. The maximum atomic E-state index is 13.8. The van der Waals surface area contributed by atoms with E-state index in [2.05, 4.69) is 5.32 Å². The number of sulfonamides is 1. The van der Waals surface area contributed by atoms with Gasteiger partial charge in [-0.2, -0.15) is 0 Å². The van der Waals surface area contributed by atoms with Gasteiger partial charge in [0.05, 0.1) is 39.0 Å². The Morgan fingerprint density at radius 2 is 1.54 bits per heavy atom. The molecule has 3 rings (SSSR count). The number of methoxy groups -OCH3 is 4. The zero-order valence-corrected chi connectivity index (χ0v) is 21.1. The molecule has 0 atom stereocenters. The van der Waals surface area contributed by atoms with Crippen molar-refractivity contribution in [1.82, 2.24) is 0 Å². The van der Waals surface area contributed by atoms with Gasteiger partial charge < -0.3 is 24.3 Å². The summed E-state index contributed by atoms with van der Waals surface area (Å²) in [5.41, 5.74) is 0.534. The van der Waals surface area contributed by atoms with Crippen LogP contribution in [0.15, 0.2) is 65.6 Å². The highest BCUT2D eigenvalue weighted by Crippen LogP contribution is 2.37. The van der Waals surface area contributed by atoms with Gasteiger partial charge in [-0.3, -0.25) is 9.10 Å². The molecular weight excluding hydrogens is 496 g/mol. The number of nitrogens with zero attached hydrogens (tertiary/aromatic N) is 1. The lowest BCUT2D eigenvalue weighted by atomic mass is 10.2. The molecule has 0 heterocycles. The average Bonchev–Trinajstić information content (AvgIpc) is 2.86. The van der Waals surface area contributed by atoms with Gasteiger partial charge in [-0.25, -0.2) is 8.42 Å². The topological polar surface area (TPSA) is 103 Å². The number of hydrogen-bond donors (Lipinski definition) is 1. The highest BCUT2D eigenvalue weighted by molar-refractivity contribution is 7.92. The Morgan fingerprint density at radius 1 is 0.857 bits per heavy atom. The van der Waals surface area contributed by atoms with Gasteiger partial charge in [-0.15, -0.1) is 0 Å². The van der Waals surface area contributed by atoms with Gasteiger partial charge in [0.2, 0.25) is 5.91 Å². The molecule has 11 heteroatoms. The van der Waals surface area contributed by atoms with Crippen LogP contribution in [-0.2, 0) is 14.8 Å². The number of nitrogens with one attached hydrogen (secondary N) is 1. The molecule has 1 N–H and O–H groups in total. The second-order valence-corrected chi connectivity index (χ2v) is 9.42. The summed E-state index contributed by atoms with van der Waals surface area (Å²) in [5, 5.41) is 2.96. The van der Waals surface area contributed by atoms with E-state index in [0.717, 1.165) is 4.31 Å². The molecule has 0 unspecified atom stereocenters. The van der Waals surface area contributed by atoms with Gasteiger partial charge in [0.15, 0.2) is 11.5 Å². The number of amides is 1. The molecule has 0 spiro atoms. The van der Waals surface area contributed by atoms with Gasteiger partial charge >= 0.3 is 0 Å². The predicted molar refractivity (Wildman–Crippen MR) is 134 cm³/mol. The van der Waals surface area contributed by atoms with E-state index in [4.69, 9.17) is 30.5 Å². The third kappa shape index (κ3) is 5.90. The number of halogens is 1. The lowest BCUT2D eigenvalue weighted by molar-refractivity contribution is -0.114. The van der Waals surface area contributed by atoms with Crippen LogP contribution >= 0.6 is 11.6 Å². The highest BCUT2D eigenvalue weighted by Gasteiger charge is 2.30. The summed E-state index contributed by atoms with van der Waals surface area (Å²) >= 11 is 6.17. The van der Waals surface area contributed by atoms with E-state index in [1.807, 2.05) is 0 Å². The molecule has 0 aromatic heterocycles. The van der Waals surface area contributed by atoms with Crippen LogP contribution in [0.5, 0.6) is 23.0 Å². The third-order valence-corrected chi connectivity index (χ3v) is 6.98. The standard InChI is InChI=1S/C24H25ClN2O7S/c1-31-18-7-5-6-17(13-18)26-24(28)15-27(20-12-16(25)8-10-21(20)32-2)35(29,30)19-9-11-22(33-3)23(14-19)34-4/h5-14H,15H2,1-4H3,(H,26,28). The normalized spacial score (nSPS) is 10.9. The van der Waals surface area contributed by atoms with Crippen LogP contribution in [0.25, 0.3) is 0 Å². The Labute approximate surface area is 209 Å². The fourth-order valence-electron chi connectivity index (χ4n) is 3.29. The summed E-state index contributed by atoms with van der Waals surface area (Å²) in [4.78, 5) is 12.9. The second-order valence-electron chi connectivity index (χ2n) is 7.12. The molecule has 0 saturated carbocycles. The van der Waals surface area contributed by atoms with Crippen molar-refractivity contribution >= 4 is 38.9 Å². The summed E-state index contributed by atoms with van der Waals surface area (Å²) in [6.07, 6.45) is 0. The van der Waals surface area contributed by atoms with Crippen LogP contribution in [0.4, 0.5) is 11.4 Å².